The lowest BCUT2D eigenvalue weighted by Crippen LogP contribution is -2.73. The fourth-order valence-corrected chi connectivity index (χ4v) is 6.72. The predicted octanol–water partition coefficient (Wildman–Crippen LogP) is 7.35. The van der Waals surface area contributed by atoms with E-state index in [0.717, 1.165) is 84.4 Å². The number of ether oxygens (including phenoxy) is 1. The number of benzene rings is 5. The summed E-state index contributed by atoms with van der Waals surface area (Å²) < 4.78 is 5.28. The molecule has 0 fully saturated rings. The van der Waals surface area contributed by atoms with Crippen LogP contribution in [0.4, 0.5) is 5.69 Å². The maximum Gasteiger partial charge on any atom is 0.313 e. The molecule has 0 aliphatic carbocycles. The molecule has 0 amide bonds. The van der Waals surface area contributed by atoms with Crippen molar-refractivity contribution in [2.75, 3.05) is 18.6 Å². The van der Waals surface area contributed by atoms with Crippen LogP contribution >= 0.6 is 23.5 Å². The molecule has 8 aromatic rings. The van der Waals surface area contributed by atoms with Crippen LogP contribution in [0.25, 0.3) is 66.8 Å². The van der Waals surface area contributed by atoms with Crippen molar-refractivity contribution in [2.45, 2.75) is 24.2 Å². The summed E-state index contributed by atoms with van der Waals surface area (Å²) >= 11 is 2.12. The molecule has 17 heteroatoms. The topological polar surface area (TPSA) is 230 Å². The molecule has 294 valence electrons. The number of aliphatic carboxylic acids is 2. The van der Waals surface area contributed by atoms with E-state index in [4.69, 9.17) is 14.9 Å². The zero-order chi connectivity index (χ0) is 41.0. The largest absolute Gasteiger partial charge is 0.497 e. The lowest BCUT2D eigenvalue weighted by molar-refractivity contribution is -0.825. The average molecular weight is 817 g/mol. The molecule has 0 saturated heterocycles. The summed E-state index contributed by atoms with van der Waals surface area (Å²) in [6.45, 7) is 4.00. The van der Waals surface area contributed by atoms with Gasteiger partial charge in [0.15, 0.2) is 17.3 Å². The van der Waals surface area contributed by atoms with Crippen molar-refractivity contribution in [1.29, 1.82) is 0 Å². The van der Waals surface area contributed by atoms with Crippen molar-refractivity contribution in [3.05, 3.63) is 109 Å². The molecule has 3 aromatic heterocycles. The number of aromatic amines is 2. The Kier molecular flexibility index (Phi) is 13.8. The number of methoxy groups -OCH3 is 1. The Hall–Kier alpha value is -6.66. The monoisotopic (exact) mass is 816 g/mol. The number of rotatable bonds is 12. The quantitative estimate of drug-likeness (QED) is 0.0403. The number of nitrogens with one attached hydrogen (secondary N) is 2. The first-order valence-electron chi connectivity index (χ1n) is 17.8. The van der Waals surface area contributed by atoms with E-state index >= 15 is 0 Å². The maximum atomic E-state index is 10.7. The highest BCUT2D eigenvalue weighted by molar-refractivity contribution is 8.00. The molecule has 58 heavy (non-hydrogen) atoms. The standard InChI is InChI=1S/C21H17N3O3S.C18H14N6O3S.C2H6/c1-27-18-8-7-15-9-14(5-6-16(15)11-18)13-3-2-4-17(10-13)20-22-21(24-23-20)28-12-19(25)26;25-16(26)9-28-18-21-17(22-23-18)12-5-11(6-13(7-12)24-27)10-1-2-14-15(8-10)20-4-3-19-14;1-2/h2-11H,12H2,1H3,(H,25,26)(H,22,23,24);1-8,24,27H,9H2,(H,25,26)(H,21,22,23);1-2H3/p+1. The third-order valence-corrected chi connectivity index (χ3v) is 9.94. The minimum atomic E-state index is -0.935. The van der Waals surface area contributed by atoms with Crippen LogP contribution in [0.3, 0.4) is 0 Å². The van der Waals surface area contributed by atoms with Crippen LogP contribution in [0.1, 0.15) is 13.8 Å². The zero-order valence-corrected chi connectivity index (χ0v) is 33.1. The van der Waals surface area contributed by atoms with Gasteiger partial charge in [-0.3, -0.25) is 29.8 Å². The number of aromatic nitrogens is 8. The molecule has 15 nitrogen and oxygen atoms in total. The highest BCUT2D eigenvalue weighted by Crippen LogP contribution is 2.31. The van der Waals surface area contributed by atoms with Crippen LogP contribution in [0, 0.1) is 0 Å². The Morgan fingerprint density at radius 3 is 1.86 bits per heavy atom. The van der Waals surface area contributed by atoms with Crippen molar-refractivity contribution in [2.24, 2.45) is 0 Å². The first-order chi connectivity index (χ1) is 28.2. The minimum Gasteiger partial charge on any atom is -0.497 e. The third-order valence-electron chi connectivity index (χ3n) is 8.28. The van der Waals surface area contributed by atoms with Crippen LogP contribution in [-0.4, -0.2) is 86.3 Å². The smallest absolute Gasteiger partial charge is 0.313 e. The number of fused-ring (bicyclic) bond motifs is 2. The fourth-order valence-electron chi connectivity index (χ4n) is 5.68. The molecule has 0 saturated carbocycles. The number of carbonyl (C=O) groups is 2. The summed E-state index contributed by atoms with van der Waals surface area (Å²) in [7, 11) is 1.66. The highest BCUT2D eigenvalue weighted by Gasteiger charge is 2.14. The van der Waals surface area contributed by atoms with Gasteiger partial charge in [0.05, 0.1) is 29.6 Å². The molecule has 0 spiro atoms. The lowest BCUT2D eigenvalue weighted by Gasteiger charge is -2.07. The van der Waals surface area contributed by atoms with Gasteiger partial charge in [0, 0.05) is 35.7 Å². The number of carboxylic acids is 2. The van der Waals surface area contributed by atoms with Crippen molar-refractivity contribution in [3.8, 4) is 50.8 Å². The van der Waals surface area contributed by atoms with Gasteiger partial charge in [-0.25, -0.2) is 15.2 Å². The second-order valence-electron chi connectivity index (χ2n) is 12.0. The van der Waals surface area contributed by atoms with Crippen molar-refractivity contribution in [1.82, 2.24) is 40.3 Å². The summed E-state index contributed by atoms with van der Waals surface area (Å²) in [5, 5.41) is 43.9. The fraction of sp³-hybridized carbons (Fsp3) is 0.122. The number of carboxylic acid groups (broad SMARTS) is 2. The van der Waals surface area contributed by atoms with Gasteiger partial charge < -0.3 is 14.9 Å². The van der Waals surface area contributed by atoms with Crippen LogP contribution in [0.5, 0.6) is 5.75 Å². The molecule has 0 radical (unpaired) electrons. The van der Waals surface area contributed by atoms with E-state index in [1.54, 1.807) is 25.6 Å². The van der Waals surface area contributed by atoms with Gasteiger partial charge in [-0.05, 0) is 75.5 Å². The number of quaternary nitrogens is 1. The van der Waals surface area contributed by atoms with E-state index in [2.05, 4.69) is 58.5 Å². The molecule has 0 unspecified atom stereocenters. The van der Waals surface area contributed by atoms with E-state index in [1.807, 2.05) is 86.6 Å². The molecule has 0 atom stereocenters. The number of nitrogens with zero attached hydrogens (tertiary/aromatic N) is 6. The molecule has 7 N–H and O–H groups in total. The molecule has 8 rings (SSSR count). The van der Waals surface area contributed by atoms with E-state index in [-0.39, 0.29) is 11.5 Å². The summed E-state index contributed by atoms with van der Waals surface area (Å²) in [5.41, 5.74) is 8.73. The van der Waals surface area contributed by atoms with E-state index in [1.165, 1.54) is 0 Å². The van der Waals surface area contributed by atoms with Gasteiger partial charge in [-0.2, -0.15) is 5.48 Å². The first-order valence-corrected chi connectivity index (χ1v) is 19.8. The zero-order valence-electron chi connectivity index (χ0n) is 31.5. The second kappa shape index (κ2) is 19.5. The third kappa shape index (κ3) is 10.4. The summed E-state index contributed by atoms with van der Waals surface area (Å²) in [6.07, 6.45) is 3.28. The molecular weight excluding hydrogens is 779 g/mol. The second-order valence-corrected chi connectivity index (χ2v) is 13.9. The van der Waals surface area contributed by atoms with Crippen LogP contribution in [0.15, 0.2) is 120 Å². The van der Waals surface area contributed by atoms with Crippen molar-refractivity contribution >= 4 is 63.0 Å². The molecule has 3 heterocycles. The van der Waals surface area contributed by atoms with Crippen LogP contribution in [-0.2, 0) is 9.59 Å². The number of hydrogen-bond donors (Lipinski definition) is 6. The Morgan fingerprint density at radius 1 is 0.638 bits per heavy atom. The summed E-state index contributed by atoms with van der Waals surface area (Å²) in [6, 6.07) is 31.6. The lowest BCUT2D eigenvalue weighted by atomic mass is 9.99. The van der Waals surface area contributed by atoms with E-state index in [9.17, 15) is 14.8 Å². The van der Waals surface area contributed by atoms with Gasteiger partial charge in [0.1, 0.15) is 5.75 Å². The minimum absolute atomic E-state index is 0.0702. The Bertz CT molecular complexity index is 2690. The Morgan fingerprint density at radius 2 is 1.19 bits per heavy atom. The van der Waals surface area contributed by atoms with Gasteiger partial charge in [-0.1, -0.05) is 79.8 Å². The molecule has 0 aliphatic heterocycles. The van der Waals surface area contributed by atoms with Crippen LogP contribution in [0.2, 0.25) is 0 Å². The number of thioether (sulfide) groups is 2. The first kappa shape index (κ1) is 41.0. The number of hydrogen-bond acceptors (Lipinski definition) is 12. The van der Waals surface area contributed by atoms with Gasteiger partial charge in [0.2, 0.25) is 10.3 Å². The molecule has 0 aliphatic rings. The normalized spacial score (nSPS) is 10.7. The predicted molar refractivity (Wildman–Crippen MR) is 223 cm³/mol. The van der Waals surface area contributed by atoms with E-state index < -0.39 is 11.9 Å². The average Bonchev–Trinajstić information content (AvgIpc) is 3.96. The molecular formula is C41H38N9O6S2+. The Balaban J connectivity index is 0.000000188. The SMILES string of the molecule is CC.COc1ccc2cc(-c3cccc(-c4nc(SCC(=O)O)n[nH]4)c3)ccc2c1.O=C(O)CSc1n[nH]c(-c2cc([NH2+]O)cc(-c3ccc4nccnc4c3)c2)n1. The van der Waals surface area contributed by atoms with Gasteiger partial charge >= 0.3 is 11.9 Å². The van der Waals surface area contributed by atoms with Gasteiger partial charge in [0.25, 0.3) is 0 Å². The van der Waals surface area contributed by atoms with Gasteiger partial charge in [-0.15, -0.1) is 10.2 Å². The summed E-state index contributed by atoms with van der Waals surface area (Å²) in [5.74, 6) is -0.0883. The summed E-state index contributed by atoms with van der Waals surface area (Å²) in [4.78, 5) is 38.7. The van der Waals surface area contributed by atoms with Crippen LogP contribution < -0.4 is 10.2 Å². The number of H-pyrrole nitrogens is 2. The number of nitrogens with two attached hydrogens (primary N) is 1. The maximum absolute atomic E-state index is 10.7. The molecule has 5 aromatic carbocycles. The van der Waals surface area contributed by atoms with Crippen molar-refractivity contribution in [3.63, 3.8) is 0 Å². The van der Waals surface area contributed by atoms with Crippen molar-refractivity contribution < 1.29 is 35.2 Å². The van der Waals surface area contributed by atoms with E-state index in [0.29, 0.717) is 33.2 Å². The highest BCUT2D eigenvalue weighted by atomic mass is 32.2. The Labute approximate surface area is 340 Å². The molecule has 0 bridgehead atoms.